The van der Waals surface area contributed by atoms with Crippen LogP contribution in [0.2, 0.25) is 5.02 Å². The van der Waals surface area contributed by atoms with Crippen LogP contribution in [0.15, 0.2) is 47.6 Å². The first kappa shape index (κ1) is 17.7. The largest absolute Gasteiger partial charge is 0.467 e. The fourth-order valence-corrected chi connectivity index (χ4v) is 5.54. The Morgan fingerprint density at radius 3 is 2.69 bits per heavy atom. The highest BCUT2D eigenvalue weighted by molar-refractivity contribution is 7.89. The quantitative estimate of drug-likeness (QED) is 0.658. The number of thiazole rings is 1. The van der Waals surface area contributed by atoms with Gasteiger partial charge in [-0.1, -0.05) is 29.0 Å². The van der Waals surface area contributed by atoms with E-state index >= 15 is 0 Å². The van der Waals surface area contributed by atoms with E-state index in [1.54, 1.807) is 24.4 Å². The zero-order valence-corrected chi connectivity index (χ0v) is 16.1. The average molecular weight is 410 g/mol. The number of fused-ring (bicyclic) bond motifs is 1. The van der Waals surface area contributed by atoms with Gasteiger partial charge in [0.2, 0.25) is 10.0 Å². The number of para-hydroxylation sites is 1. The molecule has 0 N–H and O–H groups in total. The lowest BCUT2D eigenvalue weighted by molar-refractivity contribution is 0.135. The van der Waals surface area contributed by atoms with Crippen LogP contribution in [0.4, 0.5) is 0 Å². The maximum Gasteiger partial charge on any atom is 0.274 e. The van der Waals surface area contributed by atoms with Crippen molar-refractivity contribution in [1.29, 1.82) is 0 Å². The number of piperidine rings is 1. The van der Waals surface area contributed by atoms with Crippen molar-refractivity contribution in [2.75, 3.05) is 13.1 Å². The first-order valence-corrected chi connectivity index (χ1v) is 10.8. The molecule has 1 fully saturated rings. The Hall–Kier alpha value is -1.74. The third-order valence-corrected chi connectivity index (χ3v) is 7.39. The number of sulfonamides is 1. The molecule has 136 valence electrons. The molecule has 0 spiro atoms. The SMILES string of the molecule is O=S(=O)(c1cccnc1)N1CCC(Oc2nc3c(Cl)cccc3s2)CC1. The fourth-order valence-electron chi connectivity index (χ4n) is 2.93. The molecule has 0 atom stereocenters. The molecule has 26 heavy (non-hydrogen) atoms. The minimum Gasteiger partial charge on any atom is -0.467 e. The van der Waals surface area contributed by atoms with Crippen LogP contribution in [-0.2, 0) is 10.0 Å². The molecule has 4 rings (SSSR count). The van der Waals surface area contributed by atoms with Gasteiger partial charge in [0.1, 0.15) is 16.5 Å². The minimum absolute atomic E-state index is 0.0605. The Morgan fingerprint density at radius 2 is 2.00 bits per heavy atom. The number of nitrogens with zero attached hydrogens (tertiary/aromatic N) is 3. The summed E-state index contributed by atoms with van der Waals surface area (Å²) in [4.78, 5) is 8.56. The summed E-state index contributed by atoms with van der Waals surface area (Å²) in [6, 6.07) is 8.83. The summed E-state index contributed by atoms with van der Waals surface area (Å²) in [5.41, 5.74) is 0.741. The van der Waals surface area contributed by atoms with E-state index in [1.165, 1.54) is 21.8 Å². The van der Waals surface area contributed by atoms with Crippen LogP contribution in [0.5, 0.6) is 5.19 Å². The van der Waals surface area contributed by atoms with Crippen LogP contribution in [0, 0.1) is 0 Å². The van der Waals surface area contributed by atoms with E-state index in [0.29, 0.717) is 36.1 Å². The van der Waals surface area contributed by atoms with Gasteiger partial charge in [-0.2, -0.15) is 4.31 Å². The second-order valence-electron chi connectivity index (χ2n) is 5.98. The molecule has 3 aromatic rings. The molecule has 9 heteroatoms. The van der Waals surface area contributed by atoms with E-state index < -0.39 is 10.0 Å². The van der Waals surface area contributed by atoms with E-state index in [1.807, 2.05) is 12.1 Å². The summed E-state index contributed by atoms with van der Waals surface area (Å²) in [5, 5.41) is 1.17. The maximum absolute atomic E-state index is 12.6. The predicted octanol–water partition coefficient (Wildman–Crippen LogP) is 3.58. The highest BCUT2D eigenvalue weighted by Crippen LogP contribution is 2.33. The first-order chi connectivity index (χ1) is 12.5. The number of hydrogen-bond donors (Lipinski definition) is 0. The number of pyridine rings is 1. The zero-order chi connectivity index (χ0) is 18.1. The van der Waals surface area contributed by atoms with E-state index in [2.05, 4.69) is 9.97 Å². The molecule has 0 amide bonds. The second kappa shape index (κ2) is 7.11. The number of benzene rings is 1. The molecule has 2 aromatic heterocycles. The molecular weight excluding hydrogens is 394 g/mol. The lowest BCUT2D eigenvalue weighted by Gasteiger charge is -2.30. The maximum atomic E-state index is 12.6. The lowest BCUT2D eigenvalue weighted by Crippen LogP contribution is -2.41. The summed E-state index contributed by atoms with van der Waals surface area (Å²) >= 11 is 7.60. The first-order valence-electron chi connectivity index (χ1n) is 8.16. The number of hydrogen-bond acceptors (Lipinski definition) is 6. The Kier molecular flexibility index (Phi) is 4.83. The molecule has 0 aliphatic carbocycles. The van der Waals surface area contributed by atoms with Gasteiger partial charge in [0.05, 0.1) is 9.72 Å². The summed E-state index contributed by atoms with van der Waals surface area (Å²) in [6.45, 7) is 0.821. The van der Waals surface area contributed by atoms with Crippen LogP contribution < -0.4 is 4.74 Å². The highest BCUT2D eigenvalue weighted by atomic mass is 35.5. The van der Waals surface area contributed by atoms with Crippen LogP contribution in [0.3, 0.4) is 0 Å². The average Bonchev–Trinajstić information content (AvgIpc) is 3.07. The van der Waals surface area contributed by atoms with Crippen LogP contribution in [-0.4, -0.2) is 41.9 Å². The van der Waals surface area contributed by atoms with Gasteiger partial charge in [-0.25, -0.2) is 13.4 Å². The second-order valence-corrected chi connectivity index (χ2v) is 9.31. The number of halogens is 1. The summed E-state index contributed by atoms with van der Waals surface area (Å²) in [5.74, 6) is 0. The summed E-state index contributed by atoms with van der Waals surface area (Å²) < 4.78 is 33.7. The van der Waals surface area contributed by atoms with Crippen molar-refractivity contribution >= 4 is 43.2 Å². The lowest BCUT2D eigenvalue weighted by atomic mass is 10.1. The van der Waals surface area contributed by atoms with Gasteiger partial charge in [0, 0.05) is 25.5 Å². The number of ether oxygens (including phenoxy) is 1. The van der Waals surface area contributed by atoms with Crippen molar-refractivity contribution in [1.82, 2.24) is 14.3 Å². The summed E-state index contributed by atoms with van der Waals surface area (Å²) in [6.07, 6.45) is 4.10. The van der Waals surface area contributed by atoms with E-state index in [0.717, 1.165) is 10.2 Å². The van der Waals surface area contributed by atoms with Crippen molar-refractivity contribution in [3.05, 3.63) is 47.7 Å². The van der Waals surface area contributed by atoms with Gasteiger partial charge in [-0.3, -0.25) is 4.98 Å². The van der Waals surface area contributed by atoms with Gasteiger partial charge in [0.25, 0.3) is 5.19 Å². The monoisotopic (exact) mass is 409 g/mol. The van der Waals surface area contributed by atoms with Gasteiger partial charge < -0.3 is 4.74 Å². The third-order valence-electron chi connectivity index (χ3n) is 4.29. The van der Waals surface area contributed by atoms with Crippen molar-refractivity contribution in [2.24, 2.45) is 0 Å². The standard InChI is InChI=1S/C17H16ClN3O3S2/c18-14-4-1-5-15-16(14)20-17(25-15)24-12-6-9-21(10-7-12)26(22,23)13-3-2-8-19-11-13/h1-5,8,11-12H,6-7,9-10H2. The Morgan fingerprint density at radius 1 is 1.19 bits per heavy atom. The van der Waals surface area contributed by atoms with Gasteiger partial charge in [-0.05, 0) is 37.1 Å². The molecule has 0 bridgehead atoms. The van der Waals surface area contributed by atoms with Crippen molar-refractivity contribution in [3.63, 3.8) is 0 Å². The fraction of sp³-hybridized carbons (Fsp3) is 0.294. The van der Waals surface area contributed by atoms with E-state index in [9.17, 15) is 8.42 Å². The van der Waals surface area contributed by atoms with Gasteiger partial charge in [-0.15, -0.1) is 0 Å². The molecule has 1 saturated heterocycles. The molecule has 0 unspecified atom stereocenters. The van der Waals surface area contributed by atoms with Crippen molar-refractivity contribution < 1.29 is 13.2 Å². The van der Waals surface area contributed by atoms with Gasteiger partial charge >= 0.3 is 0 Å². The van der Waals surface area contributed by atoms with E-state index in [4.69, 9.17) is 16.3 Å². The molecule has 0 saturated carbocycles. The van der Waals surface area contributed by atoms with Crippen molar-refractivity contribution in [2.45, 2.75) is 23.8 Å². The Balaban J connectivity index is 1.43. The minimum atomic E-state index is -3.50. The number of aromatic nitrogens is 2. The highest BCUT2D eigenvalue weighted by Gasteiger charge is 2.30. The van der Waals surface area contributed by atoms with Crippen LogP contribution in [0.25, 0.3) is 10.2 Å². The zero-order valence-electron chi connectivity index (χ0n) is 13.7. The smallest absolute Gasteiger partial charge is 0.274 e. The van der Waals surface area contributed by atoms with Crippen LogP contribution in [0.1, 0.15) is 12.8 Å². The van der Waals surface area contributed by atoms with Crippen LogP contribution >= 0.6 is 22.9 Å². The summed E-state index contributed by atoms with van der Waals surface area (Å²) in [7, 11) is -3.50. The molecule has 6 nitrogen and oxygen atoms in total. The molecular formula is C17H16ClN3O3S2. The van der Waals surface area contributed by atoms with Gasteiger partial charge in [0.15, 0.2) is 0 Å². The molecule has 3 heterocycles. The molecule has 1 aliphatic rings. The predicted molar refractivity (Wildman–Crippen MR) is 101 cm³/mol. The Labute approximate surface area is 160 Å². The molecule has 1 aromatic carbocycles. The number of rotatable bonds is 4. The molecule has 1 aliphatic heterocycles. The third kappa shape index (κ3) is 3.42. The normalized spacial score (nSPS) is 16.8. The Bertz CT molecular complexity index is 1020. The topological polar surface area (TPSA) is 72.4 Å². The molecule has 0 radical (unpaired) electrons. The van der Waals surface area contributed by atoms with Crippen molar-refractivity contribution in [3.8, 4) is 5.19 Å². The van der Waals surface area contributed by atoms with E-state index in [-0.39, 0.29) is 11.0 Å².